The first-order chi connectivity index (χ1) is 8.03. The standard InChI is InChI=1S/C12H21NO3S/c1-2-3-7-13(12(14)10-4-5-10)11-6-8-17(15,16)9-11/h10-11H,2-9H2,1H3/t11-/m1/s1. The van der Waals surface area contributed by atoms with Crippen LogP contribution in [-0.4, -0.2) is 43.3 Å². The van der Waals surface area contributed by atoms with E-state index in [1.54, 1.807) is 0 Å². The van der Waals surface area contributed by atoms with Crippen molar-refractivity contribution in [3.05, 3.63) is 0 Å². The third kappa shape index (κ3) is 3.21. The van der Waals surface area contributed by atoms with E-state index < -0.39 is 9.84 Å². The van der Waals surface area contributed by atoms with Gasteiger partial charge in [-0.05, 0) is 25.7 Å². The lowest BCUT2D eigenvalue weighted by atomic mass is 10.1. The minimum absolute atomic E-state index is 0.0559. The summed E-state index contributed by atoms with van der Waals surface area (Å²) in [6.45, 7) is 2.82. The molecule has 1 atom stereocenters. The first kappa shape index (κ1) is 12.9. The lowest BCUT2D eigenvalue weighted by molar-refractivity contribution is -0.134. The molecule has 5 heteroatoms. The summed E-state index contributed by atoms with van der Waals surface area (Å²) in [4.78, 5) is 14.0. The maximum atomic E-state index is 12.1. The van der Waals surface area contributed by atoms with Crippen LogP contribution in [0.4, 0.5) is 0 Å². The molecule has 0 aromatic heterocycles. The third-order valence-electron chi connectivity index (χ3n) is 3.61. The smallest absolute Gasteiger partial charge is 0.225 e. The Labute approximate surface area is 103 Å². The van der Waals surface area contributed by atoms with Gasteiger partial charge in [0.2, 0.25) is 5.91 Å². The van der Waals surface area contributed by atoms with E-state index in [1.165, 1.54) is 0 Å². The predicted octanol–water partition coefficient (Wildman–Crippen LogP) is 1.21. The van der Waals surface area contributed by atoms with E-state index in [0.29, 0.717) is 6.42 Å². The number of carbonyl (C=O) groups is 1. The van der Waals surface area contributed by atoms with Crippen LogP contribution in [0.2, 0.25) is 0 Å². The molecule has 1 amide bonds. The van der Waals surface area contributed by atoms with E-state index in [0.717, 1.165) is 32.2 Å². The number of sulfone groups is 1. The third-order valence-corrected chi connectivity index (χ3v) is 5.36. The quantitative estimate of drug-likeness (QED) is 0.746. The zero-order valence-electron chi connectivity index (χ0n) is 10.4. The zero-order valence-corrected chi connectivity index (χ0v) is 11.2. The van der Waals surface area contributed by atoms with Gasteiger partial charge < -0.3 is 4.90 Å². The minimum atomic E-state index is -2.90. The lowest BCUT2D eigenvalue weighted by Gasteiger charge is -2.28. The van der Waals surface area contributed by atoms with Crippen molar-refractivity contribution < 1.29 is 13.2 Å². The molecule has 2 aliphatic rings. The summed E-state index contributed by atoms with van der Waals surface area (Å²) >= 11 is 0. The molecule has 1 heterocycles. The van der Waals surface area contributed by atoms with Crippen LogP contribution in [0.15, 0.2) is 0 Å². The number of unbranched alkanes of at least 4 members (excludes halogenated alkanes) is 1. The van der Waals surface area contributed by atoms with Crippen molar-refractivity contribution >= 4 is 15.7 Å². The van der Waals surface area contributed by atoms with E-state index in [9.17, 15) is 13.2 Å². The average Bonchev–Trinajstić information content (AvgIpc) is 3.04. The maximum Gasteiger partial charge on any atom is 0.225 e. The Morgan fingerprint density at radius 1 is 1.29 bits per heavy atom. The second-order valence-electron chi connectivity index (χ2n) is 5.22. The summed E-state index contributed by atoms with van der Waals surface area (Å²) in [5.74, 6) is 0.809. The van der Waals surface area contributed by atoms with Crippen molar-refractivity contribution in [2.75, 3.05) is 18.1 Å². The van der Waals surface area contributed by atoms with Gasteiger partial charge in [-0.15, -0.1) is 0 Å². The van der Waals surface area contributed by atoms with Crippen LogP contribution in [-0.2, 0) is 14.6 Å². The second-order valence-corrected chi connectivity index (χ2v) is 7.45. The van der Waals surface area contributed by atoms with Gasteiger partial charge in [0, 0.05) is 18.5 Å². The fraction of sp³-hybridized carbons (Fsp3) is 0.917. The van der Waals surface area contributed by atoms with E-state index in [4.69, 9.17) is 0 Å². The SMILES string of the molecule is CCCCN(C(=O)C1CC1)[C@@H]1CCS(=O)(=O)C1. The second kappa shape index (κ2) is 4.96. The van der Waals surface area contributed by atoms with Gasteiger partial charge in [-0.25, -0.2) is 8.42 Å². The molecule has 0 aromatic carbocycles. The van der Waals surface area contributed by atoms with Crippen molar-refractivity contribution in [2.24, 2.45) is 5.92 Å². The molecule has 98 valence electrons. The molecule has 0 spiro atoms. The Morgan fingerprint density at radius 2 is 2.00 bits per heavy atom. The number of rotatable bonds is 5. The normalized spacial score (nSPS) is 27.0. The van der Waals surface area contributed by atoms with Gasteiger partial charge >= 0.3 is 0 Å². The van der Waals surface area contributed by atoms with E-state index in [1.807, 2.05) is 4.90 Å². The fourth-order valence-corrected chi connectivity index (χ4v) is 4.12. The molecule has 17 heavy (non-hydrogen) atoms. The molecule has 1 aliphatic heterocycles. The van der Waals surface area contributed by atoms with Crippen molar-refractivity contribution in [1.82, 2.24) is 4.90 Å². The van der Waals surface area contributed by atoms with Crippen LogP contribution in [0.1, 0.15) is 39.0 Å². The first-order valence-corrected chi connectivity index (χ1v) is 8.36. The number of nitrogens with zero attached hydrogens (tertiary/aromatic N) is 1. The molecule has 1 saturated heterocycles. The largest absolute Gasteiger partial charge is 0.338 e. The summed E-state index contributed by atoms with van der Waals surface area (Å²) < 4.78 is 23.0. The Morgan fingerprint density at radius 3 is 2.47 bits per heavy atom. The highest BCUT2D eigenvalue weighted by molar-refractivity contribution is 7.91. The van der Waals surface area contributed by atoms with Gasteiger partial charge in [-0.2, -0.15) is 0 Å². The molecule has 1 aliphatic carbocycles. The Kier molecular flexibility index (Phi) is 3.76. The van der Waals surface area contributed by atoms with Crippen molar-refractivity contribution in [2.45, 2.75) is 45.1 Å². The Bertz CT molecular complexity index is 387. The highest BCUT2D eigenvalue weighted by atomic mass is 32.2. The summed E-state index contributed by atoms with van der Waals surface area (Å²) in [5.41, 5.74) is 0. The Hall–Kier alpha value is -0.580. The van der Waals surface area contributed by atoms with E-state index >= 15 is 0 Å². The van der Waals surface area contributed by atoms with E-state index in [-0.39, 0.29) is 29.4 Å². The van der Waals surface area contributed by atoms with Crippen LogP contribution in [0.5, 0.6) is 0 Å². The predicted molar refractivity (Wildman–Crippen MR) is 66.4 cm³/mol. The molecule has 0 unspecified atom stereocenters. The van der Waals surface area contributed by atoms with Gasteiger partial charge in [-0.3, -0.25) is 4.79 Å². The number of hydrogen-bond donors (Lipinski definition) is 0. The van der Waals surface area contributed by atoms with E-state index in [2.05, 4.69) is 6.92 Å². The fourth-order valence-electron chi connectivity index (χ4n) is 2.39. The van der Waals surface area contributed by atoms with Gasteiger partial charge in [-0.1, -0.05) is 13.3 Å². The van der Waals surface area contributed by atoms with Crippen molar-refractivity contribution in [3.63, 3.8) is 0 Å². The molecular weight excluding hydrogens is 238 g/mol. The van der Waals surface area contributed by atoms with Gasteiger partial charge in [0.15, 0.2) is 9.84 Å². The molecule has 0 bridgehead atoms. The molecule has 0 radical (unpaired) electrons. The highest BCUT2D eigenvalue weighted by Crippen LogP contribution is 2.33. The summed E-state index contributed by atoms with van der Waals surface area (Å²) in [6, 6.07) is -0.0559. The molecule has 0 aromatic rings. The summed E-state index contributed by atoms with van der Waals surface area (Å²) in [7, 11) is -2.90. The van der Waals surface area contributed by atoms with Crippen molar-refractivity contribution in [3.8, 4) is 0 Å². The van der Waals surface area contributed by atoms with Crippen LogP contribution >= 0.6 is 0 Å². The van der Waals surface area contributed by atoms with Crippen LogP contribution in [0.3, 0.4) is 0 Å². The van der Waals surface area contributed by atoms with Crippen LogP contribution < -0.4 is 0 Å². The lowest BCUT2D eigenvalue weighted by Crippen LogP contribution is -2.42. The van der Waals surface area contributed by atoms with Gasteiger partial charge in [0.1, 0.15) is 0 Å². The number of amides is 1. The van der Waals surface area contributed by atoms with Gasteiger partial charge in [0.25, 0.3) is 0 Å². The molecular formula is C12H21NO3S. The Balaban J connectivity index is 2.01. The number of hydrogen-bond acceptors (Lipinski definition) is 3. The molecule has 2 rings (SSSR count). The van der Waals surface area contributed by atoms with Crippen molar-refractivity contribution in [1.29, 1.82) is 0 Å². The minimum Gasteiger partial charge on any atom is -0.338 e. The van der Waals surface area contributed by atoms with Gasteiger partial charge in [0.05, 0.1) is 11.5 Å². The first-order valence-electron chi connectivity index (χ1n) is 6.54. The molecule has 2 fully saturated rings. The topological polar surface area (TPSA) is 54.5 Å². The molecule has 1 saturated carbocycles. The maximum absolute atomic E-state index is 12.1. The number of carbonyl (C=O) groups excluding carboxylic acids is 1. The average molecular weight is 259 g/mol. The molecule has 4 nitrogen and oxygen atoms in total. The monoisotopic (exact) mass is 259 g/mol. The summed E-state index contributed by atoms with van der Waals surface area (Å²) in [5, 5.41) is 0. The van der Waals surface area contributed by atoms with Crippen LogP contribution in [0.25, 0.3) is 0 Å². The summed E-state index contributed by atoms with van der Waals surface area (Å²) in [6.07, 6.45) is 4.61. The van der Waals surface area contributed by atoms with Crippen LogP contribution in [0, 0.1) is 5.92 Å². The zero-order chi connectivity index (χ0) is 12.5. The highest BCUT2D eigenvalue weighted by Gasteiger charge is 2.39. The molecule has 0 N–H and O–H groups in total.